The molecule has 2 heterocycles. The van der Waals surface area contributed by atoms with Gasteiger partial charge in [-0.15, -0.1) is 0 Å². The van der Waals surface area contributed by atoms with Crippen molar-refractivity contribution in [2.75, 3.05) is 26.1 Å². The standard InChI is InChI=1S/C31H33F7N4O3/c1-16(2)20-12-21(25(44-5)13-23(20)32)22-14-39-27(41(3)4)40-24(22)15-42-28(43)45-26(29(42)7-6-8-29)17-9-18(30(33,34)35)11-19(10-17)31(36,37)38/h9-14,16,20,23,26H,6-8,15H2,1-5H3. The van der Waals surface area contributed by atoms with Gasteiger partial charge in [-0.1, -0.05) is 19.9 Å². The third-order valence-electron chi connectivity index (χ3n) is 8.74. The second kappa shape index (κ2) is 11.5. The molecule has 0 radical (unpaired) electrons. The Morgan fingerprint density at radius 2 is 1.69 bits per heavy atom. The lowest BCUT2D eigenvalue weighted by molar-refractivity contribution is -0.143. The minimum Gasteiger partial charge on any atom is -0.496 e. The summed E-state index contributed by atoms with van der Waals surface area (Å²) in [4.78, 5) is 25.5. The molecule has 3 aliphatic rings. The summed E-state index contributed by atoms with van der Waals surface area (Å²) in [6, 6.07) is 1.27. The molecule has 3 unspecified atom stereocenters. The van der Waals surface area contributed by atoms with Crippen LogP contribution in [0.25, 0.3) is 5.57 Å². The summed E-state index contributed by atoms with van der Waals surface area (Å²) in [5.41, 5.74) is -3.31. The Hall–Kier alpha value is -3.84. The number of hydrogen-bond acceptors (Lipinski definition) is 6. The first-order chi connectivity index (χ1) is 21.0. The van der Waals surface area contributed by atoms with Gasteiger partial charge in [0.15, 0.2) is 6.10 Å². The van der Waals surface area contributed by atoms with Crippen LogP contribution in [0.15, 0.2) is 42.3 Å². The van der Waals surface area contributed by atoms with E-state index in [1.807, 2.05) is 13.8 Å². The van der Waals surface area contributed by atoms with Crippen LogP contribution in [-0.4, -0.2) is 53.9 Å². The van der Waals surface area contributed by atoms with Crippen molar-refractivity contribution in [3.63, 3.8) is 0 Å². The first-order valence-electron chi connectivity index (χ1n) is 14.4. The van der Waals surface area contributed by atoms with Crippen LogP contribution in [0.3, 0.4) is 0 Å². The fraction of sp³-hybridized carbons (Fsp3) is 0.516. The molecule has 244 valence electrons. The van der Waals surface area contributed by atoms with Crippen molar-refractivity contribution in [1.29, 1.82) is 0 Å². The third kappa shape index (κ3) is 5.95. The molecule has 0 N–H and O–H groups in total. The number of carbonyl (C=O) groups is 1. The van der Waals surface area contributed by atoms with Gasteiger partial charge in [-0.3, -0.25) is 4.90 Å². The van der Waals surface area contributed by atoms with E-state index >= 15 is 0 Å². The zero-order chi connectivity index (χ0) is 33.1. The van der Waals surface area contributed by atoms with Crippen LogP contribution in [0.1, 0.15) is 67.2 Å². The fourth-order valence-corrected chi connectivity index (χ4v) is 6.19. The Morgan fingerprint density at radius 1 is 1.07 bits per heavy atom. The Bertz CT molecular complexity index is 1500. The topological polar surface area (TPSA) is 67.8 Å². The van der Waals surface area contributed by atoms with Crippen molar-refractivity contribution >= 4 is 17.6 Å². The van der Waals surface area contributed by atoms with Gasteiger partial charge in [0, 0.05) is 37.3 Å². The summed E-state index contributed by atoms with van der Waals surface area (Å²) in [5, 5.41) is 0. The summed E-state index contributed by atoms with van der Waals surface area (Å²) in [7, 11) is 4.81. The lowest BCUT2D eigenvalue weighted by Crippen LogP contribution is -2.53. The summed E-state index contributed by atoms with van der Waals surface area (Å²) in [5.74, 6) is -0.0399. The number of carbonyl (C=O) groups excluding carboxylic acids is 1. The van der Waals surface area contributed by atoms with Crippen molar-refractivity contribution in [1.82, 2.24) is 14.9 Å². The van der Waals surface area contributed by atoms with Crippen LogP contribution in [0.4, 0.5) is 41.5 Å². The number of nitrogens with zero attached hydrogens (tertiary/aromatic N) is 4. The number of allylic oxidation sites excluding steroid dienone is 3. The van der Waals surface area contributed by atoms with Crippen LogP contribution >= 0.6 is 0 Å². The number of amides is 1. The van der Waals surface area contributed by atoms with Crippen molar-refractivity contribution in [2.45, 2.75) is 69.8 Å². The molecule has 2 fully saturated rings. The van der Waals surface area contributed by atoms with Gasteiger partial charge < -0.3 is 14.4 Å². The van der Waals surface area contributed by atoms with E-state index in [9.17, 15) is 35.5 Å². The molecule has 1 aromatic heterocycles. The molecule has 3 atom stereocenters. The number of ether oxygens (including phenoxy) is 2. The highest BCUT2D eigenvalue weighted by atomic mass is 19.4. The van der Waals surface area contributed by atoms with Crippen LogP contribution in [0.5, 0.6) is 0 Å². The zero-order valence-corrected chi connectivity index (χ0v) is 25.3. The largest absolute Gasteiger partial charge is 0.496 e. The molecule has 1 amide bonds. The normalized spacial score (nSPS) is 23.1. The number of anilines is 1. The predicted octanol–water partition coefficient (Wildman–Crippen LogP) is 7.73. The number of hydrogen-bond donors (Lipinski definition) is 0. The van der Waals surface area contributed by atoms with Crippen molar-refractivity contribution in [3.8, 4) is 0 Å². The number of alkyl halides is 7. The SMILES string of the molecule is COC1=CC(F)C(C(C)C)C=C1c1cnc(N(C)C)nc1CN1C(=O)OC(c2cc(C(F)(F)F)cc(C(F)(F)F)c2)C12CCC2. The van der Waals surface area contributed by atoms with Crippen LogP contribution in [-0.2, 0) is 28.4 Å². The van der Waals surface area contributed by atoms with Crippen LogP contribution in [0.2, 0.25) is 0 Å². The third-order valence-corrected chi connectivity index (χ3v) is 8.74. The first kappa shape index (κ1) is 32.6. The van der Waals surface area contributed by atoms with Crippen LogP contribution in [0, 0.1) is 11.8 Å². The Kier molecular flexibility index (Phi) is 8.32. The number of benzene rings is 1. The van der Waals surface area contributed by atoms with Gasteiger partial charge in [-0.25, -0.2) is 19.2 Å². The Labute approximate surface area is 255 Å². The van der Waals surface area contributed by atoms with Gasteiger partial charge >= 0.3 is 18.4 Å². The number of rotatable bonds is 7. The number of aromatic nitrogens is 2. The van der Waals surface area contributed by atoms with E-state index in [-0.39, 0.29) is 43.1 Å². The first-order valence-corrected chi connectivity index (χ1v) is 14.4. The minimum atomic E-state index is -5.06. The van der Waals surface area contributed by atoms with Crippen LogP contribution < -0.4 is 4.90 Å². The zero-order valence-electron chi connectivity index (χ0n) is 25.3. The van der Waals surface area contributed by atoms with E-state index in [2.05, 4.69) is 9.97 Å². The van der Waals surface area contributed by atoms with Crippen molar-refractivity contribution in [2.24, 2.45) is 11.8 Å². The van der Waals surface area contributed by atoms with Gasteiger partial charge in [0.05, 0.1) is 36.0 Å². The van der Waals surface area contributed by atoms with Gasteiger partial charge in [0.1, 0.15) is 11.9 Å². The average Bonchev–Trinajstić information content (AvgIpc) is 3.23. The highest BCUT2D eigenvalue weighted by molar-refractivity contribution is 5.80. The van der Waals surface area contributed by atoms with E-state index in [1.54, 1.807) is 25.1 Å². The number of cyclic esters (lactones) is 1. The van der Waals surface area contributed by atoms with Gasteiger partial charge in [0.25, 0.3) is 0 Å². The smallest absolute Gasteiger partial charge is 0.416 e. The highest BCUT2D eigenvalue weighted by Gasteiger charge is 2.59. The Morgan fingerprint density at radius 3 is 2.18 bits per heavy atom. The summed E-state index contributed by atoms with van der Waals surface area (Å²) >= 11 is 0. The molecule has 7 nitrogen and oxygen atoms in total. The maximum Gasteiger partial charge on any atom is 0.416 e. The summed E-state index contributed by atoms with van der Waals surface area (Å²) < 4.78 is 108. The molecule has 1 saturated heterocycles. The molecular weight excluding hydrogens is 609 g/mol. The quantitative estimate of drug-likeness (QED) is 0.288. The molecule has 1 saturated carbocycles. The van der Waals surface area contributed by atoms with E-state index in [4.69, 9.17) is 9.47 Å². The van der Waals surface area contributed by atoms with Gasteiger partial charge in [-0.2, -0.15) is 26.3 Å². The predicted molar refractivity (Wildman–Crippen MR) is 150 cm³/mol. The highest BCUT2D eigenvalue weighted by Crippen LogP contribution is 2.55. The van der Waals surface area contributed by atoms with Crippen molar-refractivity contribution < 1.29 is 45.0 Å². The van der Waals surface area contributed by atoms with Gasteiger partial charge in [0.2, 0.25) is 5.95 Å². The molecule has 5 rings (SSSR count). The van der Waals surface area contributed by atoms with Crippen molar-refractivity contribution in [3.05, 3.63) is 70.3 Å². The van der Waals surface area contributed by atoms with E-state index in [1.165, 1.54) is 24.3 Å². The lowest BCUT2D eigenvalue weighted by Gasteiger charge is -2.46. The fourth-order valence-electron chi connectivity index (χ4n) is 6.19. The Balaban J connectivity index is 1.60. The molecule has 1 aromatic carbocycles. The van der Waals surface area contributed by atoms with E-state index in [0.717, 1.165) is 0 Å². The molecule has 1 aliphatic heterocycles. The lowest BCUT2D eigenvalue weighted by atomic mass is 9.70. The van der Waals surface area contributed by atoms with E-state index < -0.39 is 58.9 Å². The second-order valence-corrected chi connectivity index (χ2v) is 12.2. The molecule has 1 spiro atoms. The second-order valence-electron chi connectivity index (χ2n) is 12.2. The number of halogens is 7. The molecule has 14 heteroatoms. The maximum atomic E-state index is 15.0. The molecular formula is C31H33F7N4O3. The number of methoxy groups -OCH3 is 1. The minimum absolute atomic E-state index is 0.0482. The molecule has 2 aliphatic carbocycles. The van der Waals surface area contributed by atoms with Gasteiger partial charge in [-0.05, 0) is 55.0 Å². The maximum absolute atomic E-state index is 15.0. The summed E-state index contributed by atoms with van der Waals surface area (Å²) in [6.45, 7) is 3.56. The average molecular weight is 643 g/mol. The monoisotopic (exact) mass is 642 g/mol. The molecule has 45 heavy (non-hydrogen) atoms. The molecule has 0 bridgehead atoms. The summed E-state index contributed by atoms with van der Waals surface area (Å²) in [6.07, 6.45) is -7.94. The van der Waals surface area contributed by atoms with E-state index in [0.29, 0.717) is 35.4 Å². The molecule has 2 aromatic rings.